The zero-order valence-electron chi connectivity index (χ0n) is 11.2. The van der Waals surface area contributed by atoms with Crippen LogP contribution in [0.2, 0.25) is 0 Å². The molecule has 2 aromatic rings. The third kappa shape index (κ3) is 3.28. The fourth-order valence-electron chi connectivity index (χ4n) is 1.97. The molecular formula is C15H12BrNO4. The summed E-state index contributed by atoms with van der Waals surface area (Å²) in [5.41, 5.74) is 3.08. The highest BCUT2D eigenvalue weighted by Gasteiger charge is 2.12. The number of methoxy groups -OCH3 is 1. The maximum Gasteiger partial charge on any atom is 0.338 e. The molecule has 2 aromatic carbocycles. The van der Waals surface area contributed by atoms with Gasteiger partial charge in [0.05, 0.1) is 17.6 Å². The molecule has 0 aliphatic carbocycles. The van der Waals surface area contributed by atoms with Gasteiger partial charge in [0.15, 0.2) is 0 Å². The Bertz CT molecular complexity index is 683. The lowest BCUT2D eigenvalue weighted by atomic mass is 10.00. The summed E-state index contributed by atoms with van der Waals surface area (Å²) in [6, 6.07) is 11.6. The number of rotatable bonds is 4. The Kier molecular flexibility index (Phi) is 4.70. The van der Waals surface area contributed by atoms with E-state index in [9.17, 15) is 14.9 Å². The molecule has 0 atom stereocenters. The van der Waals surface area contributed by atoms with Gasteiger partial charge in [0.2, 0.25) is 0 Å². The van der Waals surface area contributed by atoms with E-state index in [-0.39, 0.29) is 11.7 Å². The van der Waals surface area contributed by atoms with E-state index in [1.165, 1.54) is 19.2 Å². The van der Waals surface area contributed by atoms with Crippen molar-refractivity contribution in [2.75, 3.05) is 7.11 Å². The van der Waals surface area contributed by atoms with E-state index in [2.05, 4.69) is 15.9 Å². The number of carbonyl (C=O) groups is 1. The Labute approximate surface area is 129 Å². The van der Waals surface area contributed by atoms with E-state index in [4.69, 9.17) is 4.74 Å². The van der Waals surface area contributed by atoms with E-state index < -0.39 is 4.92 Å². The molecule has 0 N–H and O–H groups in total. The zero-order valence-corrected chi connectivity index (χ0v) is 12.8. The molecule has 0 saturated heterocycles. The number of nitro groups is 1. The summed E-state index contributed by atoms with van der Waals surface area (Å²) in [7, 11) is 1.34. The number of hydrogen-bond acceptors (Lipinski definition) is 4. The second kappa shape index (κ2) is 6.49. The van der Waals surface area contributed by atoms with Gasteiger partial charge in [-0.15, -0.1) is 0 Å². The van der Waals surface area contributed by atoms with Crippen LogP contribution in [0, 0.1) is 10.1 Å². The molecule has 0 radical (unpaired) electrons. The number of hydrogen-bond donors (Lipinski definition) is 0. The Hall–Kier alpha value is -2.21. The SMILES string of the molecule is COC(=O)c1ccc(-c2ccc([N+](=O)[O-])cc2)cc1CBr. The van der Waals surface area contributed by atoms with Crippen molar-refractivity contribution in [3.05, 3.63) is 63.7 Å². The number of carbonyl (C=O) groups excluding carboxylic acids is 1. The van der Waals surface area contributed by atoms with E-state index in [1.54, 1.807) is 24.3 Å². The van der Waals surface area contributed by atoms with Crippen LogP contribution in [0.1, 0.15) is 15.9 Å². The molecule has 0 unspecified atom stereocenters. The molecule has 0 aliphatic heterocycles. The second-order valence-corrected chi connectivity index (χ2v) is 4.86. The van der Waals surface area contributed by atoms with Gasteiger partial charge in [0.1, 0.15) is 0 Å². The highest BCUT2D eigenvalue weighted by atomic mass is 79.9. The molecule has 5 nitrogen and oxygen atoms in total. The lowest BCUT2D eigenvalue weighted by Gasteiger charge is -2.08. The average Bonchev–Trinajstić information content (AvgIpc) is 2.53. The summed E-state index contributed by atoms with van der Waals surface area (Å²) in [6.07, 6.45) is 0. The first-order chi connectivity index (χ1) is 10.1. The van der Waals surface area contributed by atoms with E-state index in [0.29, 0.717) is 10.9 Å². The van der Waals surface area contributed by atoms with Gasteiger partial charge in [-0.2, -0.15) is 0 Å². The standard InChI is InChI=1S/C15H12BrNO4/c1-21-15(18)14-7-4-11(8-12(14)9-16)10-2-5-13(6-3-10)17(19)20/h2-8H,9H2,1H3. The third-order valence-corrected chi connectivity index (χ3v) is 3.67. The minimum Gasteiger partial charge on any atom is -0.465 e. The number of nitrogens with zero attached hydrogens (tertiary/aromatic N) is 1. The minimum absolute atomic E-state index is 0.0469. The van der Waals surface area contributed by atoms with Crippen LogP contribution in [0.25, 0.3) is 11.1 Å². The first kappa shape index (κ1) is 15.2. The zero-order chi connectivity index (χ0) is 15.4. The molecule has 6 heteroatoms. The molecule has 0 saturated carbocycles. The largest absolute Gasteiger partial charge is 0.465 e. The molecule has 0 heterocycles. The lowest BCUT2D eigenvalue weighted by molar-refractivity contribution is -0.384. The predicted molar refractivity (Wildman–Crippen MR) is 82.5 cm³/mol. The monoisotopic (exact) mass is 349 g/mol. The lowest BCUT2D eigenvalue weighted by Crippen LogP contribution is -2.04. The molecule has 0 aliphatic rings. The van der Waals surface area contributed by atoms with Crippen molar-refractivity contribution in [3.8, 4) is 11.1 Å². The molecule has 21 heavy (non-hydrogen) atoms. The fraction of sp³-hybridized carbons (Fsp3) is 0.133. The van der Waals surface area contributed by atoms with Crippen LogP contribution in [0.3, 0.4) is 0 Å². The number of halogens is 1. The topological polar surface area (TPSA) is 69.4 Å². The van der Waals surface area contributed by atoms with Crippen LogP contribution >= 0.6 is 15.9 Å². The Morgan fingerprint density at radius 3 is 2.33 bits per heavy atom. The summed E-state index contributed by atoms with van der Waals surface area (Å²) in [4.78, 5) is 21.9. The minimum atomic E-state index is -0.436. The van der Waals surface area contributed by atoms with Crippen LogP contribution in [-0.4, -0.2) is 18.0 Å². The molecule has 2 rings (SSSR count). The average molecular weight is 350 g/mol. The van der Waals surface area contributed by atoms with Crippen LogP contribution < -0.4 is 0 Å². The van der Waals surface area contributed by atoms with Gasteiger partial charge < -0.3 is 4.74 Å². The maximum absolute atomic E-state index is 11.6. The maximum atomic E-state index is 11.6. The fourth-order valence-corrected chi connectivity index (χ4v) is 2.43. The van der Waals surface area contributed by atoms with Crippen LogP contribution in [0.4, 0.5) is 5.69 Å². The van der Waals surface area contributed by atoms with Gasteiger partial charge in [0, 0.05) is 17.5 Å². The van der Waals surface area contributed by atoms with Crippen LogP contribution in [-0.2, 0) is 10.1 Å². The number of ether oxygens (including phenoxy) is 1. The van der Waals surface area contributed by atoms with Gasteiger partial charge in [-0.05, 0) is 41.0 Å². The third-order valence-electron chi connectivity index (χ3n) is 3.07. The van der Waals surface area contributed by atoms with Gasteiger partial charge in [0.25, 0.3) is 5.69 Å². The molecule has 0 aromatic heterocycles. The second-order valence-electron chi connectivity index (χ2n) is 4.30. The van der Waals surface area contributed by atoms with Crippen molar-refractivity contribution in [2.45, 2.75) is 5.33 Å². The van der Waals surface area contributed by atoms with E-state index in [1.807, 2.05) is 6.07 Å². The first-order valence-electron chi connectivity index (χ1n) is 6.09. The van der Waals surface area contributed by atoms with Crippen molar-refractivity contribution in [1.29, 1.82) is 0 Å². The highest BCUT2D eigenvalue weighted by Crippen LogP contribution is 2.26. The van der Waals surface area contributed by atoms with Crippen LogP contribution in [0.15, 0.2) is 42.5 Å². The van der Waals surface area contributed by atoms with Crippen molar-refractivity contribution in [1.82, 2.24) is 0 Å². The molecule has 0 amide bonds. The van der Waals surface area contributed by atoms with Crippen molar-refractivity contribution in [3.63, 3.8) is 0 Å². The summed E-state index contributed by atoms with van der Waals surface area (Å²) >= 11 is 3.35. The van der Waals surface area contributed by atoms with E-state index >= 15 is 0 Å². The number of benzene rings is 2. The van der Waals surface area contributed by atoms with Gasteiger partial charge in [-0.3, -0.25) is 10.1 Å². The van der Waals surface area contributed by atoms with Crippen LogP contribution in [0.5, 0.6) is 0 Å². The summed E-state index contributed by atoms with van der Waals surface area (Å²) in [5.74, 6) is -0.389. The number of esters is 1. The predicted octanol–water partition coefficient (Wildman–Crippen LogP) is 3.94. The van der Waals surface area contributed by atoms with Gasteiger partial charge in [-0.1, -0.05) is 22.0 Å². The van der Waals surface area contributed by atoms with Crippen molar-refractivity contribution in [2.24, 2.45) is 0 Å². The normalized spacial score (nSPS) is 10.2. The summed E-state index contributed by atoms with van der Waals surface area (Å²) in [6.45, 7) is 0. The first-order valence-corrected chi connectivity index (χ1v) is 7.21. The molecule has 108 valence electrons. The number of non-ortho nitro benzene ring substituents is 1. The number of alkyl halides is 1. The molecule has 0 spiro atoms. The highest BCUT2D eigenvalue weighted by molar-refractivity contribution is 9.08. The van der Waals surface area contributed by atoms with Crippen molar-refractivity contribution >= 4 is 27.6 Å². The molecular weight excluding hydrogens is 338 g/mol. The quantitative estimate of drug-likeness (QED) is 0.362. The molecule has 0 bridgehead atoms. The Morgan fingerprint density at radius 2 is 1.81 bits per heavy atom. The van der Waals surface area contributed by atoms with Gasteiger partial charge in [-0.25, -0.2) is 4.79 Å². The smallest absolute Gasteiger partial charge is 0.338 e. The Balaban J connectivity index is 2.40. The van der Waals surface area contributed by atoms with Gasteiger partial charge >= 0.3 is 5.97 Å². The molecule has 0 fully saturated rings. The number of nitro benzene ring substituents is 1. The summed E-state index contributed by atoms with van der Waals surface area (Å²) in [5, 5.41) is 11.2. The summed E-state index contributed by atoms with van der Waals surface area (Å²) < 4.78 is 4.73. The van der Waals surface area contributed by atoms with Crippen molar-refractivity contribution < 1.29 is 14.5 Å². The van der Waals surface area contributed by atoms with E-state index in [0.717, 1.165) is 16.7 Å². The Morgan fingerprint density at radius 1 is 1.19 bits per heavy atom.